The van der Waals surface area contributed by atoms with E-state index in [4.69, 9.17) is 17.2 Å². The van der Waals surface area contributed by atoms with E-state index in [1.165, 1.54) is 12.8 Å². The fraction of sp³-hybridized carbons (Fsp3) is 0.619. The quantitative estimate of drug-likeness (QED) is 0.123. The molecule has 0 aliphatic heterocycles. The zero-order valence-electron chi connectivity index (χ0n) is 17.5. The molecule has 0 spiro atoms. The molecule has 164 valence electrons. The summed E-state index contributed by atoms with van der Waals surface area (Å²) in [4.78, 5) is 18.3. The molecule has 1 aromatic rings. The third-order valence-corrected chi connectivity index (χ3v) is 4.79. The van der Waals surface area contributed by atoms with Crippen LogP contribution in [-0.4, -0.2) is 40.6 Å². The standard InChI is InChI=1S/C21H37N6O2/c1-2-3-9-17(22)10-6-4-5-7-11-18(27-19-12-8-13-25-19)16(14-20(28)29)15-26-21(23)24/h8,12-14,17-18,25H,2-7,9-11,15,22H2,1H3,(H,28,29)(H4,23,24,26)/q-1/b16-14+/t17-,18+/m0/s1. The van der Waals surface area contributed by atoms with E-state index in [2.05, 4.69) is 22.2 Å². The van der Waals surface area contributed by atoms with Gasteiger partial charge in [0, 0.05) is 12.1 Å². The summed E-state index contributed by atoms with van der Waals surface area (Å²) in [5.74, 6) is -0.393. The van der Waals surface area contributed by atoms with Gasteiger partial charge in [-0.1, -0.05) is 69.6 Å². The van der Waals surface area contributed by atoms with Crippen LogP contribution in [0.5, 0.6) is 0 Å². The molecule has 1 rings (SSSR count). The lowest BCUT2D eigenvalue weighted by Crippen LogP contribution is -2.24. The first kappa shape index (κ1) is 24.6. The number of nitrogens with two attached hydrogens (primary N) is 3. The molecule has 0 unspecified atom stereocenters. The van der Waals surface area contributed by atoms with Crippen LogP contribution in [0, 0.1) is 0 Å². The molecule has 0 aliphatic carbocycles. The van der Waals surface area contributed by atoms with Crippen LogP contribution in [0.1, 0.15) is 64.7 Å². The van der Waals surface area contributed by atoms with Crippen LogP contribution in [0.4, 0.5) is 5.82 Å². The number of H-pyrrole nitrogens is 1. The number of nitrogens with one attached hydrogen (secondary N) is 1. The average Bonchev–Trinajstić information content (AvgIpc) is 3.18. The van der Waals surface area contributed by atoms with Gasteiger partial charge in [-0.05, 0) is 30.9 Å². The van der Waals surface area contributed by atoms with E-state index < -0.39 is 5.97 Å². The molecule has 0 aliphatic rings. The minimum absolute atomic E-state index is 0.0701. The molecule has 29 heavy (non-hydrogen) atoms. The van der Waals surface area contributed by atoms with Crippen LogP contribution < -0.4 is 17.2 Å². The highest BCUT2D eigenvalue weighted by Crippen LogP contribution is 2.27. The Hall–Kier alpha value is -2.48. The van der Waals surface area contributed by atoms with Gasteiger partial charge in [-0.15, -0.1) is 0 Å². The molecule has 0 bridgehead atoms. The number of hydrogen-bond acceptors (Lipinski definition) is 3. The number of hydrogen-bond donors (Lipinski definition) is 5. The van der Waals surface area contributed by atoms with Crippen molar-refractivity contribution in [3.8, 4) is 0 Å². The fourth-order valence-corrected chi connectivity index (χ4v) is 3.20. The molecule has 8 nitrogen and oxygen atoms in total. The van der Waals surface area contributed by atoms with E-state index >= 15 is 0 Å². The van der Waals surface area contributed by atoms with Crippen molar-refractivity contribution in [1.82, 2.24) is 4.98 Å². The Bertz CT molecular complexity index is 623. The van der Waals surface area contributed by atoms with Crippen LogP contribution in [-0.2, 0) is 4.79 Å². The second-order valence-electron chi connectivity index (χ2n) is 7.39. The van der Waals surface area contributed by atoms with Crippen LogP contribution >= 0.6 is 0 Å². The van der Waals surface area contributed by atoms with Gasteiger partial charge in [-0.25, -0.2) is 9.79 Å². The number of carboxylic acids is 1. The summed E-state index contributed by atoms with van der Waals surface area (Å²) in [6.45, 7) is 2.30. The molecule has 8 N–H and O–H groups in total. The van der Waals surface area contributed by atoms with E-state index in [0.29, 0.717) is 17.4 Å². The number of nitrogens with zero attached hydrogens (tertiary/aromatic N) is 2. The molecule has 8 heteroatoms. The van der Waals surface area contributed by atoms with Crippen LogP contribution in [0.3, 0.4) is 0 Å². The summed E-state index contributed by atoms with van der Waals surface area (Å²) in [6.07, 6.45) is 12.5. The zero-order chi connectivity index (χ0) is 21.5. The predicted molar refractivity (Wildman–Crippen MR) is 119 cm³/mol. The third-order valence-electron chi connectivity index (χ3n) is 4.79. The van der Waals surface area contributed by atoms with Gasteiger partial charge in [-0.2, -0.15) is 0 Å². The monoisotopic (exact) mass is 405 g/mol. The van der Waals surface area contributed by atoms with Gasteiger partial charge >= 0.3 is 5.97 Å². The SMILES string of the molecule is CCCC[C@H](N)CCCCCC[C@@H]([N-]c1ccc[nH]1)/C(=C/C(=O)O)CN=C(N)N. The van der Waals surface area contributed by atoms with E-state index in [0.717, 1.165) is 51.0 Å². The molecule has 1 aromatic heterocycles. The van der Waals surface area contributed by atoms with E-state index in [1.807, 2.05) is 12.1 Å². The average molecular weight is 406 g/mol. The van der Waals surface area contributed by atoms with Gasteiger partial charge < -0.3 is 32.6 Å². The number of rotatable bonds is 16. The summed E-state index contributed by atoms with van der Waals surface area (Å²) in [5, 5.41) is 13.9. The van der Waals surface area contributed by atoms with Gasteiger partial charge in [-0.3, -0.25) is 0 Å². The van der Waals surface area contributed by atoms with Gasteiger partial charge in [0.2, 0.25) is 0 Å². The highest BCUT2D eigenvalue weighted by Gasteiger charge is 2.12. The predicted octanol–water partition coefficient (Wildman–Crippen LogP) is 3.53. The first-order valence-corrected chi connectivity index (χ1v) is 10.5. The van der Waals surface area contributed by atoms with Crippen molar-refractivity contribution in [2.24, 2.45) is 22.2 Å². The van der Waals surface area contributed by atoms with Crippen molar-refractivity contribution in [3.63, 3.8) is 0 Å². The lowest BCUT2D eigenvalue weighted by atomic mass is 9.98. The first-order chi connectivity index (χ1) is 13.9. The number of aliphatic carboxylic acids is 1. The maximum atomic E-state index is 11.3. The number of aromatic amines is 1. The van der Waals surface area contributed by atoms with Gasteiger partial charge in [0.05, 0.1) is 6.54 Å². The maximum absolute atomic E-state index is 11.3. The molecule has 0 aromatic carbocycles. The number of carbonyl (C=O) groups is 1. The van der Waals surface area contributed by atoms with Crippen molar-refractivity contribution in [3.05, 3.63) is 35.3 Å². The first-order valence-electron chi connectivity index (χ1n) is 10.5. The number of unbranched alkanes of at least 4 members (excludes halogenated alkanes) is 4. The topological polar surface area (TPSA) is 158 Å². The number of aromatic nitrogens is 1. The molecule has 0 radical (unpaired) electrons. The van der Waals surface area contributed by atoms with Gasteiger partial charge in [0.1, 0.15) is 0 Å². The largest absolute Gasteiger partial charge is 0.478 e. The highest BCUT2D eigenvalue weighted by molar-refractivity contribution is 5.81. The molecular formula is C21H37N6O2-. The molecule has 0 fully saturated rings. The maximum Gasteiger partial charge on any atom is 0.328 e. The molecule has 1 heterocycles. The van der Waals surface area contributed by atoms with Crippen molar-refractivity contribution in [2.75, 3.05) is 6.54 Å². The summed E-state index contributed by atoms with van der Waals surface area (Å²) in [5.41, 5.74) is 17.6. The van der Waals surface area contributed by atoms with Crippen LogP contribution in [0.15, 0.2) is 35.0 Å². The number of guanidine groups is 1. The third kappa shape index (κ3) is 11.8. The lowest BCUT2D eigenvalue weighted by Gasteiger charge is -2.27. The molecule has 0 saturated carbocycles. The van der Waals surface area contributed by atoms with E-state index in [-0.39, 0.29) is 18.5 Å². The molecule has 0 saturated heterocycles. The molecular weight excluding hydrogens is 368 g/mol. The number of carboxylic acid groups (broad SMARTS) is 1. The van der Waals surface area contributed by atoms with Gasteiger partial charge in [0.25, 0.3) is 0 Å². The molecule has 2 atom stereocenters. The second kappa shape index (κ2) is 14.5. The van der Waals surface area contributed by atoms with Crippen molar-refractivity contribution < 1.29 is 9.90 Å². The van der Waals surface area contributed by atoms with Crippen molar-refractivity contribution >= 4 is 17.7 Å². The zero-order valence-corrected chi connectivity index (χ0v) is 17.5. The Balaban J connectivity index is 2.58. The van der Waals surface area contributed by atoms with Crippen LogP contribution in [0.2, 0.25) is 0 Å². The normalized spacial score (nSPS) is 13.7. The summed E-state index contributed by atoms with van der Waals surface area (Å²) >= 11 is 0. The fourth-order valence-electron chi connectivity index (χ4n) is 3.20. The number of aliphatic imine (C=N–C) groups is 1. The Morgan fingerprint density at radius 3 is 2.48 bits per heavy atom. The molecule has 0 amide bonds. The van der Waals surface area contributed by atoms with Crippen LogP contribution in [0.25, 0.3) is 5.32 Å². The highest BCUT2D eigenvalue weighted by atomic mass is 16.4. The second-order valence-corrected chi connectivity index (χ2v) is 7.39. The summed E-state index contributed by atoms with van der Waals surface area (Å²) in [7, 11) is 0. The summed E-state index contributed by atoms with van der Waals surface area (Å²) < 4.78 is 0. The van der Waals surface area contributed by atoms with E-state index in [9.17, 15) is 9.90 Å². The minimum atomic E-state index is -1.03. The Labute approximate surface area is 174 Å². The van der Waals surface area contributed by atoms with Crippen molar-refractivity contribution in [1.29, 1.82) is 0 Å². The van der Waals surface area contributed by atoms with Crippen molar-refractivity contribution in [2.45, 2.75) is 76.8 Å². The summed E-state index contributed by atoms with van der Waals surface area (Å²) in [6, 6.07) is 3.72. The minimum Gasteiger partial charge on any atom is -0.478 e. The van der Waals surface area contributed by atoms with E-state index in [1.54, 1.807) is 6.20 Å². The van der Waals surface area contributed by atoms with Gasteiger partial charge in [0.15, 0.2) is 5.96 Å². The Kier molecular flexibility index (Phi) is 12.3. The Morgan fingerprint density at radius 2 is 1.90 bits per heavy atom. The lowest BCUT2D eigenvalue weighted by molar-refractivity contribution is -0.131. The Morgan fingerprint density at radius 1 is 1.21 bits per heavy atom. The smallest absolute Gasteiger partial charge is 0.328 e.